The Morgan fingerprint density at radius 1 is 1.22 bits per heavy atom. The first-order chi connectivity index (χ1) is 8.67. The summed E-state index contributed by atoms with van der Waals surface area (Å²) >= 11 is 0. The van der Waals surface area contributed by atoms with Crippen molar-refractivity contribution in [3.8, 4) is 0 Å². The van der Waals surface area contributed by atoms with E-state index in [2.05, 4.69) is 4.90 Å². The van der Waals surface area contributed by atoms with Crippen LogP contribution in [0.25, 0.3) is 0 Å². The van der Waals surface area contributed by atoms with Gasteiger partial charge < -0.3 is 10.6 Å². The van der Waals surface area contributed by atoms with Gasteiger partial charge in [-0.15, -0.1) is 0 Å². The van der Waals surface area contributed by atoms with Gasteiger partial charge >= 0.3 is 0 Å². The number of hydrogen-bond acceptors (Lipinski definition) is 2. The van der Waals surface area contributed by atoms with Crippen molar-refractivity contribution in [2.75, 3.05) is 18.8 Å². The molecule has 1 aromatic rings. The number of carbonyl (C=O) groups is 1. The molecule has 3 rings (SSSR count). The molecule has 3 heteroatoms. The molecule has 2 N–H and O–H groups in total. The van der Waals surface area contributed by atoms with Crippen LogP contribution in [-0.4, -0.2) is 23.9 Å². The van der Waals surface area contributed by atoms with Crippen LogP contribution in [-0.2, 0) is 11.2 Å². The Labute approximate surface area is 108 Å². The summed E-state index contributed by atoms with van der Waals surface area (Å²) in [5.41, 5.74) is 7.97. The predicted molar refractivity (Wildman–Crippen MR) is 72.0 cm³/mol. The van der Waals surface area contributed by atoms with Gasteiger partial charge in [0.2, 0.25) is 5.91 Å². The van der Waals surface area contributed by atoms with Crippen molar-refractivity contribution in [3.05, 3.63) is 29.8 Å². The van der Waals surface area contributed by atoms with Crippen LogP contribution < -0.4 is 5.73 Å². The highest BCUT2D eigenvalue weighted by Crippen LogP contribution is 2.52. The number of nitrogen functional groups attached to an aromatic ring is 1. The van der Waals surface area contributed by atoms with Crippen molar-refractivity contribution in [1.82, 2.24) is 4.90 Å². The monoisotopic (exact) mass is 244 g/mol. The second kappa shape index (κ2) is 4.30. The number of amides is 1. The number of nitrogens with zero attached hydrogens (tertiary/aromatic N) is 1. The zero-order chi connectivity index (χ0) is 12.6. The first-order valence-corrected chi connectivity index (χ1v) is 6.79. The summed E-state index contributed by atoms with van der Waals surface area (Å²) in [5, 5.41) is 0. The maximum Gasteiger partial charge on any atom is 0.227 e. The lowest BCUT2D eigenvalue weighted by Gasteiger charge is -2.33. The Kier molecular flexibility index (Phi) is 2.77. The molecule has 1 aliphatic carbocycles. The van der Waals surface area contributed by atoms with Crippen LogP contribution in [0.4, 0.5) is 5.69 Å². The molecule has 0 bridgehead atoms. The first kappa shape index (κ1) is 11.6. The summed E-state index contributed by atoms with van der Waals surface area (Å²) in [6, 6.07) is 7.62. The lowest BCUT2D eigenvalue weighted by Crippen LogP contribution is -2.41. The molecule has 0 unspecified atom stereocenters. The van der Waals surface area contributed by atoms with E-state index in [0.29, 0.717) is 11.8 Å². The topological polar surface area (TPSA) is 46.3 Å². The van der Waals surface area contributed by atoms with Gasteiger partial charge in [0, 0.05) is 18.8 Å². The standard InChI is InChI=1S/C15H20N2O/c16-13-4-2-12(3-5-13)10-14(18)17-9-1-6-15(11-17)7-8-15/h2-5H,1,6-11,16H2. The third-order valence-corrected chi connectivity index (χ3v) is 4.31. The average Bonchev–Trinajstić information content (AvgIpc) is 3.11. The van der Waals surface area contributed by atoms with Crippen molar-refractivity contribution in [2.45, 2.75) is 32.1 Å². The highest BCUT2D eigenvalue weighted by Gasteiger charge is 2.46. The highest BCUT2D eigenvalue weighted by molar-refractivity contribution is 5.79. The second-order valence-electron chi connectivity index (χ2n) is 5.84. The van der Waals surface area contributed by atoms with Crippen LogP contribution in [0.2, 0.25) is 0 Å². The maximum absolute atomic E-state index is 12.3. The molecule has 0 aromatic heterocycles. The molecule has 1 saturated heterocycles. The van der Waals surface area contributed by atoms with Gasteiger partial charge in [-0.25, -0.2) is 0 Å². The van der Waals surface area contributed by atoms with Gasteiger partial charge in [0.05, 0.1) is 6.42 Å². The largest absolute Gasteiger partial charge is 0.399 e. The van der Waals surface area contributed by atoms with Gasteiger partial charge in [0.1, 0.15) is 0 Å². The number of likely N-dealkylation sites (tertiary alicyclic amines) is 1. The number of anilines is 1. The van der Waals surface area contributed by atoms with Gasteiger partial charge in [-0.3, -0.25) is 4.79 Å². The SMILES string of the molecule is Nc1ccc(CC(=O)N2CCCC3(CC3)C2)cc1. The Morgan fingerprint density at radius 2 is 1.94 bits per heavy atom. The molecule has 1 spiro atoms. The van der Waals surface area contributed by atoms with Gasteiger partial charge in [-0.1, -0.05) is 12.1 Å². The van der Waals surface area contributed by atoms with E-state index in [1.54, 1.807) is 0 Å². The predicted octanol–water partition coefficient (Wildman–Crippen LogP) is 2.21. The molecule has 0 radical (unpaired) electrons. The van der Waals surface area contributed by atoms with Gasteiger partial charge in [0.25, 0.3) is 0 Å². The van der Waals surface area contributed by atoms with Crippen LogP contribution in [0.1, 0.15) is 31.2 Å². The van der Waals surface area contributed by atoms with Crippen molar-refractivity contribution in [3.63, 3.8) is 0 Å². The fraction of sp³-hybridized carbons (Fsp3) is 0.533. The lowest BCUT2D eigenvalue weighted by molar-refractivity contribution is -0.132. The molecule has 0 atom stereocenters. The quantitative estimate of drug-likeness (QED) is 0.811. The summed E-state index contributed by atoms with van der Waals surface area (Å²) in [6.45, 7) is 1.93. The van der Waals surface area contributed by atoms with E-state index >= 15 is 0 Å². The molecular formula is C15H20N2O. The minimum absolute atomic E-state index is 0.269. The van der Waals surface area contributed by atoms with E-state index in [1.807, 2.05) is 24.3 Å². The van der Waals surface area contributed by atoms with E-state index in [1.165, 1.54) is 25.7 Å². The third kappa shape index (κ3) is 2.35. The molecule has 1 amide bonds. The molecule has 2 fully saturated rings. The zero-order valence-corrected chi connectivity index (χ0v) is 10.7. The summed E-state index contributed by atoms with van der Waals surface area (Å²) in [7, 11) is 0. The molecule has 96 valence electrons. The second-order valence-corrected chi connectivity index (χ2v) is 5.84. The normalized spacial score (nSPS) is 21.0. The number of benzene rings is 1. The number of nitrogens with two attached hydrogens (primary N) is 1. The summed E-state index contributed by atoms with van der Waals surface area (Å²) in [5.74, 6) is 0.269. The molecule has 2 aliphatic rings. The summed E-state index contributed by atoms with van der Waals surface area (Å²) in [6.07, 6.45) is 5.64. The lowest BCUT2D eigenvalue weighted by atomic mass is 9.94. The van der Waals surface area contributed by atoms with Gasteiger partial charge in [-0.2, -0.15) is 0 Å². The van der Waals surface area contributed by atoms with E-state index in [-0.39, 0.29) is 5.91 Å². The maximum atomic E-state index is 12.3. The Balaban J connectivity index is 1.62. The van der Waals surface area contributed by atoms with Crippen LogP contribution >= 0.6 is 0 Å². The van der Waals surface area contributed by atoms with Gasteiger partial charge in [-0.05, 0) is 48.8 Å². The van der Waals surface area contributed by atoms with E-state index in [4.69, 9.17) is 5.73 Å². The number of rotatable bonds is 2. The molecule has 1 heterocycles. The van der Waals surface area contributed by atoms with Crippen LogP contribution in [0.5, 0.6) is 0 Å². The molecule has 1 aliphatic heterocycles. The Bertz CT molecular complexity index is 448. The molecule has 3 nitrogen and oxygen atoms in total. The van der Waals surface area contributed by atoms with E-state index in [9.17, 15) is 4.79 Å². The van der Waals surface area contributed by atoms with Crippen molar-refractivity contribution in [2.24, 2.45) is 5.41 Å². The molecular weight excluding hydrogens is 224 g/mol. The smallest absolute Gasteiger partial charge is 0.227 e. The van der Waals surface area contributed by atoms with E-state index < -0.39 is 0 Å². The van der Waals surface area contributed by atoms with Gasteiger partial charge in [0.15, 0.2) is 0 Å². The van der Waals surface area contributed by atoms with Crippen LogP contribution in [0.15, 0.2) is 24.3 Å². The van der Waals surface area contributed by atoms with Crippen LogP contribution in [0, 0.1) is 5.41 Å². The number of hydrogen-bond donors (Lipinski definition) is 1. The molecule has 1 saturated carbocycles. The average molecular weight is 244 g/mol. The fourth-order valence-electron chi connectivity index (χ4n) is 2.93. The summed E-state index contributed by atoms with van der Waals surface area (Å²) in [4.78, 5) is 14.3. The fourth-order valence-corrected chi connectivity index (χ4v) is 2.93. The van der Waals surface area contributed by atoms with Crippen molar-refractivity contribution < 1.29 is 4.79 Å². The minimum Gasteiger partial charge on any atom is -0.399 e. The van der Waals surface area contributed by atoms with E-state index in [0.717, 1.165) is 24.3 Å². The number of piperidine rings is 1. The summed E-state index contributed by atoms with van der Waals surface area (Å²) < 4.78 is 0. The zero-order valence-electron chi connectivity index (χ0n) is 10.7. The third-order valence-electron chi connectivity index (χ3n) is 4.31. The van der Waals surface area contributed by atoms with Crippen molar-refractivity contribution >= 4 is 11.6 Å². The van der Waals surface area contributed by atoms with Crippen molar-refractivity contribution in [1.29, 1.82) is 0 Å². The molecule has 18 heavy (non-hydrogen) atoms. The Hall–Kier alpha value is -1.51. The minimum atomic E-state index is 0.269. The van der Waals surface area contributed by atoms with Crippen LogP contribution in [0.3, 0.4) is 0 Å². The highest BCUT2D eigenvalue weighted by atomic mass is 16.2. The Morgan fingerprint density at radius 3 is 2.61 bits per heavy atom. The molecule has 1 aromatic carbocycles. The number of carbonyl (C=O) groups excluding carboxylic acids is 1. The first-order valence-electron chi connectivity index (χ1n) is 6.79.